The molecule has 0 heterocycles. The first-order valence-corrected chi connectivity index (χ1v) is 6.82. The fourth-order valence-electron chi connectivity index (χ4n) is 1.56. The molecule has 0 atom stereocenters. The van der Waals surface area contributed by atoms with Gasteiger partial charge in [-0.05, 0) is 5.92 Å². The second-order valence-electron chi connectivity index (χ2n) is 6.32. The molecule has 0 aliphatic carbocycles. The molecule has 2 amide bonds. The Morgan fingerprint density at radius 3 is 2.15 bits per heavy atom. The van der Waals surface area contributed by atoms with E-state index in [4.69, 9.17) is 5.11 Å². The molecule has 0 aliphatic heterocycles. The van der Waals surface area contributed by atoms with E-state index in [0.717, 1.165) is 0 Å². The summed E-state index contributed by atoms with van der Waals surface area (Å²) in [5, 5.41) is 11.5. The van der Waals surface area contributed by atoms with Gasteiger partial charge in [0.05, 0.1) is 0 Å². The molecule has 116 valence electrons. The zero-order valence-corrected chi connectivity index (χ0v) is 13.0. The van der Waals surface area contributed by atoms with Gasteiger partial charge in [-0.2, -0.15) is 0 Å². The molecule has 0 fully saturated rings. The molecule has 0 rings (SSSR count). The van der Waals surface area contributed by atoms with Gasteiger partial charge in [0.25, 0.3) is 0 Å². The second-order valence-corrected chi connectivity index (χ2v) is 6.32. The average molecular weight is 286 g/mol. The van der Waals surface area contributed by atoms with E-state index in [-0.39, 0.29) is 37.2 Å². The molecular weight excluding hydrogens is 260 g/mol. The summed E-state index contributed by atoms with van der Waals surface area (Å²) in [6.45, 7) is 9.54. The van der Waals surface area contributed by atoms with Gasteiger partial charge in [-0.25, -0.2) is 0 Å². The van der Waals surface area contributed by atoms with Crippen LogP contribution in [0.5, 0.6) is 0 Å². The van der Waals surface area contributed by atoms with Crippen LogP contribution >= 0.6 is 0 Å². The van der Waals surface area contributed by atoms with Gasteiger partial charge in [0.1, 0.15) is 6.54 Å². The summed E-state index contributed by atoms with van der Waals surface area (Å²) in [5.41, 5.74) is -0.498. The highest BCUT2D eigenvalue weighted by Crippen LogP contribution is 2.12. The van der Waals surface area contributed by atoms with Crippen LogP contribution in [0.15, 0.2) is 0 Å². The third kappa shape index (κ3) is 7.76. The zero-order chi connectivity index (χ0) is 15.9. The number of hydrogen-bond acceptors (Lipinski definition) is 3. The van der Waals surface area contributed by atoms with E-state index in [2.05, 4.69) is 5.32 Å². The van der Waals surface area contributed by atoms with Gasteiger partial charge in [0.2, 0.25) is 11.8 Å². The topological polar surface area (TPSA) is 86.7 Å². The van der Waals surface area contributed by atoms with Crippen molar-refractivity contribution in [2.24, 2.45) is 11.3 Å². The van der Waals surface area contributed by atoms with Gasteiger partial charge >= 0.3 is 5.97 Å². The maximum Gasteiger partial charge on any atom is 0.323 e. The highest BCUT2D eigenvalue weighted by molar-refractivity contribution is 5.83. The van der Waals surface area contributed by atoms with Gasteiger partial charge in [-0.1, -0.05) is 34.6 Å². The Labute approximate surface area is 120 Å². The van der Waals surface area contributed by atoms with Crippen LogP contribution in [0.4, 0.5) is 0 Å². The first-order chi connectivity index (χ1) is 9.04. The lowest BCUT2D eigenvalue weighted by Gasteiger charge is -2.23. The van der Waals surface area contributed by atoms with Crippen molar-refractivity contribution < 1.29 is 19.5 Å². The van der Waals surface area contributed by atoms with E-state index in [0.29, 0.717) is 6.54 Å². The Kier molecular flexibility index (Phi) is 7.24. The van der Waals surface area contributed by atoms with Crippen LogP contribution in [-0.4, -0.2) is 47.4 Å². The van der Waals surface area contributed by atoms with E-state index < -0.39 is 11.4 Å². The summed E-state index contributed by atoms with van der Waals surface area (Å²) in [5.74, 6) is -1.21. The van der Waals surface area contributed by atoms with E-state index in [1.807, 2.05) is 13.8 Å². The molecule has 0 aliphatic rings. The number of rotatable bonds is 7. The molecule has 0 aromatic carbocycles. The summed E-state index contributed by atoms with van der Waals surface area (Å²) >= 11 is 0. The number of amides is 2. The van der Waals surface area contributed by atoms with Crippen molar-refractivity contribution in [3.8, 4) is 0 Å². The summed E-state index contributed by atoms with van der Waals surface area (Å²) in [6.07, 6.45) is 0.113. The number of carboxylic acid groups (broad SMARTS) is 1. The molecule has 0 saturated heterocycles. The third-order valence-electron chi connectivity index (χ3n) is 2.57. The molecule has 20 heavy (non-hydrogen) atoms. The lowest BCUT2D eigenvalue weighted by molar-refractivity contribution is -0.144. The number of nitrogens with one attached hydrogen (secondary N) is 1. The second kappa shape index (κ2) is 7.87. The quantitative estimate of drug-likeness (QED) is 0.734. The van der Waals surface area contributed by atoms with Crippen molar-refractivity contribution >= 4 is 17.8 Å². The normalized spacial score (nSPS) is 11.3. The summed E-state index contributed by atoms with van der Waals surface area (Å²) < 4.78 is 0. The number of nitrogens with zero attached hydrogens (tertiary/aromatic N) is 1. The minimum atomic E-state index is -1.03. The SMILES string of the molecule is CC(C)CN(CC(=O)O)C(=O)CCNC(=O)C(C)(C)C. The van der Waals surface area contributed by atoms with Crippen LogP contribution in [0.2, 0.25) is 0 Å². The number of carboxylic acids is 1. The molecule has 0 bridgehead atoms. The molecule has 6 nitrogen and oxygen atoms in total. The third-order valence-corrected chi connectivity index (χ3v) is 2.57. The summed E-state index contributed by atoms with van der Waals surface area (Å²) in [7, 11) is 0. The number of carbonyl (C=O) groups is 3. The molecule has 0 unspecified atom stereocenters. The van der Waals surface area contributed by atoms with Crippen LogP contribution in [0.1, 0.15) is 41.0 Å². The van der Waals surface area contributed by atoms with Gasteiger partial charge < -0.3 is 15.3 Å². The average Bonchev–Trinajstić information content (AvgIpc) is 2.25. The van der Waals surface area contributed by atoms with E-state index >= 15 is 0 Å². The fourth-order valence-corrected chi connectivity index (χ4v) is 1.56. The Bertz CT molecular complexity index is 359. The maximum absolute atomic E-state index is 12.0. The van der Waals surface area contributed by atoms with Crippen molar-refractivity contribution in [2.45, 2.75) is 41.0 Å². The van der Waals surface area contributed by atoms with Crippen LogP contribution in [0, 0.1) is 11.3 Å². The Hall–Kier alpha value is -1.59. The molecular formula is C14H26N2O4. The predicted molar refractivity (Wildman–Crippen MR) is 76.1 cm³/mol. The molecule has 0 aromatic heterocycles. The van der Waals surface area contributed by atoms with Crippen molar-refractivity contribution in [1.29, 1.82) is 0 Å². The van der Waals surface area contributed by atoms with Gasteiger partial charge in [0, 0.05) is 24.9 Å². The minimum absolute atomic E-state index is 0.113. The smallest absolute Gasteiger partial charge is 0.323 e. The van der Waals surface area contributed by atoms with Crippen molar-refractivity contribution in [1.82, 2.24) is 10.2 Å². The zero-order valence-electron chi connectivity index (χ0n) is 13.0. The van der Waals surface area contributed by atoms with Crippen LogP contribution in [0.25, 0.3) is 0 Å². The standard InChI is InChI=1S/C14H26N2O4/c1-10(2)8-16(9-12(18)19)11(17)6-7-15-13(20)14(3,4)5/h10H,6-9H2,1-5H3,(H,15,20)(H,18,19). The van der Waals surface area contributed by atoms with E-state index in [1.165, 1.54) is 4.90 Å². The van der Waals surface area contributed by atoms with Crippen molar-refractivity contribution in [2.75, 3.05) is 19.6 Å². The van der Waals surface area contributed by atoms with Gasteiger partial charge in [-0.15, -0.1) is 0 Å². The largest absolute Gasteiger partial charge is 0.480 e. The lowest BCUT2D eigenvalue weighted by Crippen LogP contribution is -2.41. The molecule has 6 heteroatoms. The highest BCUT2D eigenvalue weighted by Gasteiger charge is 2.22. The highest BCUT2D eigenvalue weighted by atomic mass is 16.4. The minimum Gasteiger partial charge on any atom is -0.480 e. The van der Waals surface area contributed by atoms with Gasteiger partial charge in [0.15, 0.2) is 0 Å². The summed E-state index contributed by atoms with van der Waals surface area (Å²) in [4.78, 5) is 35.7. The molecule has 0 aromatic rings. The molecule has 0 saturated carbocycles. The van der Waals surface area contributed by atoms with Gasteiger partial charge in [-0.3, -0.25) is 14.4 Å². The van der Waals surface area contributed by atoms with Crippen molar-refractivity contribution in [3.05, 3.63) is 0 Å². The first-order valence-electron chi connectivity index (χ1n) is 6.82. The van der Waals surface area contributed by atoms with E-state index in [1.54, 1.807) is 20.8 Å². The molecule has 0 radical (unpaired) electrons. The summed E-state index contributed by atoms with van der Waals surface area (Å²) in [6, 6.07) is 0. The molecule has 0 spiro atoms. The Balaban J connectivity index is 4.33. The number of hydrogen-bond donors (Lipinski definition) is 2. The predicted octanol–water partition coefficient (Wildman–Crippen LogP) is 1.11. The number of carbonyl (C=O) groups excluding carboxylic acids is 2. The van der Waals surface area contributed by atoms with Crippen LogP contribution in [0.3, 0.4) is 0 Å². The number of aliphatic carboxylic acids is 1. The first kappa shape index (κ1) is 18.4. The van der Waals surface area contributed by atoms with Crippen LogP contribution < -0.4 is 5.32 Å². The Morgan fingerprint density at radius 1 is 1.20 bits per heavy atom. The lowest BCUT2D eigenvalue weighted by atomic mass is 9.96. The molecule has 2 N–H and O–H groups in total. The Morgan fingerprint density at radius 2 is 1.75 bits per heavy atom. The van der Waals surface area contributed by atoms with E-state index in [9.17, 15) is 14.4 Å². The van der Waals surface area contributed by atoms with Crippen LogP contribution in [-0.2, 0) is 14.4 Å². The fraction of sp³-hybridized carbons (Fsp3) is 0.786. The maximum atomic E-state index is 12.0. The monoisotopic (exact) mass is 286 g/mol. The van der Waals surface area contributed by atoms with Crippen molar-refractivity contribution in [3.63, 3.8) is 0 Å².